The third-order valence-corrected chi connectivity index (χ3v) is 4.23. The molecule has 1 saturated carbocycles. The molecule has 0 bridgehead atoms. The average Bonchev–Trinajstić information content (AvgIpc) is 2.33. The normalized spacial score (nSPS) is 31.6. The maximum absolute atomic E-state index is 12.3. The summed E-state index contributed by atoms with van der Waals surface area (Å²) < 4.78 is 36.8. The van der Waals surface area contributed by atoms with E-state index in [0.717, 1.165) is 32.2 Å². The predicted octanol–water partition coefficient (Wildman–Crippen LogP) is 1.72. The molecule has 0 aromatic rings. The van der Waals surface area contributed by atoms with E-state index in [1.54, 1.807) is 0 Å². The van der Waals surface area contributed by atoms with Gasteiger partial charge >= 0.3 is 6.18 Å². The molecule has 3 nitrogen and oxygen atoms in total. The fourth-order valence-corrected chi connectivity index (χ4v) is 3.12. The predicted molar refractivity (Wildman–Crippen MR) is 66.9 cm³/mol. The van der Waals surface area contributed by atoms with Gasteiger partial charge in [0.15, 0.2) is 0 Å². The number of piperazine rings is 1. The smallest absolute Gasteiger partial charge is 0.393 e. The summed E-state index contributed by atoms with van der Waals surface area (Å²) in [7, 11) is 0. The summed E-state index contributed by atoms with van der Waals surface area (Å²) in [5.41, 5.74) is 0. The lowest BCUT2D eigenvalue weighted by Gasteiger charge is -2.38. The highest BCUT2D eigenvalue weighted by Gasteiger charge is 2.33. The molecule has 19 heavy (non-hydrogen) atoms. The molecule has 1 N–H and O–H groups in total. The lowest BCUT2D eigenvalue weighted by atomic mass is 9.86. The molecule has 0 aromatic heterocycles. The van der Waals surface area contributed by atoms with Crippen LogP contribution in [-0.2, 0) is 0 Å². The van der Waals surface area contributed by atoms with E-state index in [0.29, 0.717) is 32.1 Å². The van der Waals surface area contributed by atoms with Crippen LogP contribution in [0.5, 0.6) is 0 Å². The number of hydrogen-bond donors (Lipinski definition) is 1. The van der Waals surface area contributed by atoms with E-state index in [1.165, 1.54) is 4.90 Å². The Bertz CT molecular complexity index is 278. The van der Waals surface area contributed by atoms with Gasteiger partial charge in [0.25, 0.3) is 0 Å². The van der Waals surface area contributed by atoms with E-state index in [-0.39, 0.29) is 6.10 Å². The second kappa shape index (κ2) is 6.41. The Hall–Kier alpha value is -0.330. The molecule has 2 aliphatic rings. The quantitative estimate of drug-likeness (QED) is 0.852. The van der Waals surface area contributed by atoms with Crippen molar-refractivity contribution in [3.05, 3.63) is 0 Å². The minimum Gasteiger partial charge on any atom is -0.393 e. The van der Waals surface area contributed by atoms with Crippen LogP contribution in [0.25, 0.3) is 0 Å². The topological polar surface area (TPSA) is 26.7 Å². The maximum atomic E-state index is 12.3. The molecule has 0 radical (unpaired) electrons. The largest absolute Gasteiger partial charge is 0.401 e. The van der Waals surface area contributed by atoms with Gasteiger partial charge in [0, 0.05) is 32.7 Å². The first kappa shape index (κ1) is 15.1. The van der Waals surface area contributed by atoms with Gasteiger partial charge in [0.05, 0.1) is 12.6 Å². The number of halogens is 3. The average molecular weight is 280 g/mol. The van der Waals surface area contributed by atoms with Crippen molar-refractivity contribution >= 4 is 0 Å². The molecule has 1 aliphatic heterocycles. The SMILES string of the molecule is OC1CCCCC1CN1CCN(CC(F)(F)F)CC1. The van der Waals surface area contributed by atoms with Crippen molar-refractivity contribution in [1.29, 1.82) is 0 Å². The van der Waals surface area contributed by atoms with Crippen molar-refractivity contribution in [2.24, 2.45) is 5.92 Å². The van der Waals surface area contributed by atoms with Gasteiger partial charge in [-0.05, 0) is 18.8 Å². The lowest BCUT2D eigenvalue weighted by Crippen LogP contribution is -2.51. The number of aliphatic hydroxyl groups is 1. The highest BCUT2D eigenvalue weighted by atomic mass is 19.4. The van der Waals surface area contributed by atoms with Gasteiger partial charge in [-0.2, -0.15) is 13.2 Å². The molecule has 2 rings (SSSR count). The third kappa shape index (κ3) is 4.93. The lowest BCUT2D eigenvalue weighted by molar-refractivity contribution is -0.149. The van der Waals surface area contributed by atoms with Crippen LogP contribution < -0.4 is 0 Å². The van der Waals surface area contributed by atoms with Gasteiger partial charge in [-0.3, -0.25) is 4.90 Å². The Kier molecular flexibility index (Phi) is 5.09. The Labute approximate surface area is 112 Å². The van der Waals surface area contributed by atoms with Crippen LogP contribution in [0, 0.1) is 5.92 Å². The highest BCUT2D eigenvalue weighted by molar-refractivity contribution is 4.80. The molecular weight excluding hydrogens is 257 g/mol. The molecule has 6 heteroatoms. The molecule has 1 saturated heterocycles. The summed E-state index contributed by atoms with van der Waals surface area (Å²) in [6, 6.07) is 0. The fraction of sp³-hybridized carbons (Fsp3) is 1.00. The summed E-state index contributed by atoms with van der Waals surface area (Å²) >= 11 is 0. The molecule has 1 heterocycles. The van der Waals surface area contributed by atoms with E-state index in [2.05, 4.69) is 4.90 Å². The van der Waals surface area contributed by atoms with Crippen LogP contribution in [0.15, 0.2) is 0 Å². The van der Waals surface area contributed by atoms with Crippen molar-refractivity contribution < 1.29 is 18.3 Å². The Morgan fingerprint density at radius 2 is 1.53 bits per heavy atom. The third-order valence-electron chi connectivity index (χ3n) is 4.23. The van der Waals surface area contributed by atoms with Gasteiger partial charge in [-0.25, -0.2) is 0 Å². The van der Waals surface area contributed by atoms with Gasteiger partial charge in [0.2, 0.25) is 0 Å². The molecule has 0 aromatic carbocycles. The fourth-order valence-electron chi connectivity index (χ4n) is 3.12. The second-order valence-corrected chi connectivity index (χ2v) is 5.80. The first-order chi connectivity index (χ1) is 8.94. The zero-order valence-corrected chi connectivity index (χ0v) is 11.2. The zero-order valence-electron chi connectivity index (χ0n) is 11.2. The summed E-state index contributed by atoms with van der Waals surface area (Å²) in [6.45, 7) is 2.34. The molecule has 0 spiro atoms. The van der Waals surface area contributed by atoms with Crippen molar-refractivity contribution in [2.45, 2.75) is 38.0 Å². The molecule has 112 valence electrons. The van der Waals surface area contributed by atoms with Gasteiger partial charge < -0.3 is 10.0 Å². The van der Waals surface area contributed by atoms with Crippen LogP contribution >= 0.6 is 0 Å². The molecule has 2 fully saturated rings. The first-order valence-corrected chi connectivity index (χ1v) is 7.13. The van der Waals surface area contributed by atoms with Crippen LogP contribution in [0.2, 0.25) is 0 Å². The number of rotatable bonds is 3. The minimum atomic E-state index is -4.10. The Morgan fingerprint density at radius 3 is 2.11 bits per heavy atom. The van der Waals surface area contributed by atoms with E-state index >= 15 is 0 Å². The van der Waals surface area contributed by atoms with Crippen molar-refractivity contribution in [1.82, 2.24) is 9.80 Å². The van der Waals surface area contributed by atoms with Crippen LogP contribution in [0.1, 0.15) is 25.7 Å². The van der Waals surface area contributed by atoms with Crippen molar-refractivity contribution in [3.8, 4) is 0 Å². The Balaban J connectivity index is 1.71. The number of nitrogens with zero attached hydrogens (tertiary/aromatic N) is 2. The molecule has 2 atom stereocenters. The number of alkyl halides is 3. The first-order valence-electron chi connectivity index (χ1n) is 7.13. The van der Waals surface area contributed by atoms with Crippen LogP contribution in [0.4, 0.5) is 13.2 Å². The summed E-state index contributed by atoms with van der Waals surface area (Å²) in [6.07, 6.45) is -0.140. The Morgan fingerprint density at radius 1 is 0.947 bits per heavy atom. The van der Waals surface area contributed by atoms with Gasteiger partial charge in [-0.1, -0.05) is 12.8 Å². The van der Waals surface area contributed by atoms with E-state index in [1.807, 2.05) is 0 Å². The summed E-state index contributed by atoms with van der Waals surface area (Å²) in [5, 5.41) is 9.92. The minimum absolute atomic E-state index is 0.220. The number of hydrogen-bond acceptors (Lipinski definition) is 3. The molecule has 2 unspecified atom stereocenters. The molecule has 0 amide bonds. The molecule has 1 aliphatic carbocycles. The monoisotopic (exact) mass is 280 g/mol. The van der Waals surface area contributed by atoms with E-state index in [4.69, 9.17) is 0 Å². The maximum Gasteiger partial charge on any atom is 0.401 e. The zero-order chi connectivity index (χ0) is 13.9. The van der Waals surface area contributed by atoms with E-state index < -0.39 is 12.7 Å². The number of aliphatic hydroxyl groups excluding tert-OH is 1. The van der Waals surface area contributed by atoms with E-state index in [9.17, 15) is 18.3 Å². The summed E-state index contributed by atoms with van der Waals surface area (Å²) in [5.74, 6) is 0.308. The van der Waals surface area contributed by atoms with Crippen LogP contribution in [0.3, 0.4) is 0 Å². The second-order valence-electron chi connectivity index (χ2n) is 5.80. The van der Waals surface area contributed by atoms with Crippen molar-refractivity contribution in [3.63, 3.8) is 0 Å². The van der Waals surface area contributed by atoms with Gasteiger partial charge in [0.1, 0.15) is 0 Å². The summed E-state index contributed by atoms with van der Waals surface area (Å²) in [4.78, 5) is 3.67. The molecular formula is C13H23F3N2O. The highest BCUT2D eigenvalue weighted by Crippen LogP contribution is 2.25. The standard InChI is InChI=1S/C13H23F3N2O/c14-13(15,16)10-18-7-5-17(6-8-18)9-11-3-1-2-4-12(11)19/h11-12,19H,1-10H2. The van der Waals surface area contributed by atoms with Crippen LogP contribution in [-0.4, -0.2) is 66.5 Å². The van der Waals surface area contributed by atoms with Gasteiger partial charge in [-0.15, -0.1) is 0 Å². The van der Waals surface area contributed by atoms with Crippen molar-refractivity contribution in [2.75, 3.05) is 39.3 Å².